The predicted molar refractivity (Wildman–Crippen MR) is 122 cm³/mol. The molecule has 0 unspecified atom stereocenters. The van der Waals surface area contributed by atoms with E-state index in [-0.39, 0.29) is 5.56 Å². The summed E-state index contributed by atoms with van der Waals surface area (Å²) in [6, 6.07) is 19.3. The minimum Gasteiger partial charge on any atom is -0.478 e. The van der Waals surface area contributed by atoms with E-state index in [4.69, 9.17) is 0 Å². The van der Waals surface area contributed by atoms with Crippen LogP contribution < -0.4 is 4.72 Å². The first-order valence-corrected chi connectivity index (χ1v) is 11.2. The number of benzene rings is 3. The van der Waals surface area contributed by atoms with Crippen LogP contribution in [-0.4, -0.2) is 30.7 Å². The van der Waals surface area contributed by atoms with Gasteiger partial charge in [-0.2, -0.15) is 0 Å². The van der Waals surface area contributed by atoms with E-state index in [1.54, 1.807) is 42.5 Å². The molecule has 0 radical (unpaired) electrons. The van der Waals surface area contributed by atoms with Crippen LogP contribution in [0.2, 0.25) is 0 Å². The minimum atomic E-state index is -3.35. The molecule has 0 saturated heterocycles. The summed E-state index contributed by atoms with van der Waals surface area (Å²) in [4.78, 5) is 15.0. The maximum atomic E-state index is 11.9. The maximum absolute atomic E-state index is 11.9. The second kappa shape index (κ2) is 8.01. The zero-order chi connectivity index (χ0) is 22.0. The van der Waals surface area contributed by atoms with E-state index in [9.17, 15) is 18.3 Å². The molecule has 0 saturated carbocycles. The summed E-state index contributed by atoms with van der Waals surface area (Å²) in [5, 5.41) is 10.8. The number of carboxylic acid groups (broad SMARTS) is 1. The van der Waals surface area contributed by atoms with E-state index < -0.39 is 16.0 Å². The molecule has 0 atom stereocenters. The number of aromatic carboxylic acids is 1. The Bertz CT molecular complexity index is 1460. The van der Waals surface area contributed by atoms with Crippen LogP contribution in [-0.2, 0) is 10.0 Å². The number of aromatic nitrogens is 1. The van der Waals surface area contributed by atoms with Crippen LogP contribution in [0.3, 0.4) is 0 Å². The third-order valence-corrected chi connectivity index (χ3v) is 5.27. The molecule has 0 aliphatic heterocycles. The van der Waals surface area contributed by atoms with Crippen molar-refractivity contribution >= 4 is 32.6 Å². The Hall–Kier alpha value is -4.02. The zero-order valence-corrected chi connectivity index (χ0v) is 17.3. The number of fused-ring (bicyclic) bond motifs is 1. The number of sulfonamides is 1. The van der Waals surface area contributed by atoms with Gasteiger partial charge in [0.25, 0.3) is 0 Å². The molecule has 7 heteroatoms. The van der Waals surface area contributed by atoms with Crippen LogP contribution >= 0.6 is 0 Å². The van der Waals surface area contributed by atoms with E-state index in [2.05, 4.69) is 21.5 Å². The number of hydrogen-bond donors (Lipinski definition) is 3. The second-order valence-electron chi connectivity index (χ2n) is 7.01. The maximum Gasteiger partial charge on any atom is 0.336 e. The van der Waals surface area contributed by atoms with E-state index in [1.807, 2.05) is 30.5 Å². The fourth-order valence-electron chi connectivity index (χ4n) is 3.32. The van der Waals surface area contributed by atoms with Crippen LogP contribution in [0, 0.1) is 11.8 Å². The molecule has 4 aromatic rings. The van der Waals surface area contributed by atoms with E-state index in [1.165, 1.54) is 0 Å². The second-order valence-corrected chi connectivity index (χ2v) is 8.76. The number of rotatable bonds is 4. The standard InChI is InChI=1S/C24H18N2O4S/c1-31(29,30)26-20-11-6-16(7-12-20)5-8-18-3-2-4-21(24(27)28)23(18)19-10-9-17-13-14-25-22(17)15-19/h2-4,6-7,9-15,25-26H,1H3,(H,27,28). The first-order valence-electron chi connectivity index (χ1n) is 9.34. The summed E-state index contributed by atoms with van der Waals surface area (Å²) in [5.74, 6) is 5.08. The number of hydrogen-bond acceptors (Lipinski definition) is 3. The highest BCUT2D eigenvalue weighted by Gasteiger charge is 2.15. The lowest BCUT2D eigenvalue weighted by Gasteiger charge is -2.10. The van der Waals surface area contributed by atoms with Gasteiger partial charge in [0.15, 0.2) is 0 Å². The Balaban J connectivity index is 1.76. The summed E-state index contributed by atoms with van der Waals surface area (Å²) in [7, 11) is -3.35. The van der Waals surface area contributed by atoms with Crippen molar-refractivity contribution < 1.29 is 18.3 Å². The van der Waals surface area contributed by atoms with E-state index >= 15 is 0 Å². The number of H-pyrrole nitrogens is 1. The molecule has 0 aliphatic carbocycles. The van der Waals surface area contributed by atoms with Crippen molar-refractivity contribution in [2.24, 2.45) is 0 Å². The first kappa shape index (κ1) is 20.3. The van der Waals surface area contributed by atoms with Crippen LogP contribution in [0.25, 0.3) is 22.0 Å². The summed E-state index contributed by atoms with van der Waals surface area (Å²) >= 11 is 0. The fourth-order valence-corrected chi connectivity index (χ4v) is 3.89. The summed E-state index contributed by atoms with van der Waals surface area (Å²) in [6.45, 7) is 0. The lowest BCUT2D eigenvalue weighted by molar-refractivity contribution is 0.0697. The normalized spacial score (nSPS) is 11.0. The molecule has 0 fully saturated rings. The van der Waals surface area contributed by atoms with Crippen molar-refractivity contribution in [2.75, 3.05) is 11.0 Å². The van der Waals surface area contributed by atoms with Gasteiger partial charge in [-0.25, -0.2) is 13.2 Å². The zero-order valence-electron chi connectivity index (χ0n) is 16.5. The van der Waals surface area contributed by atoms with Gasteiger partial charge in [0.05, 0.1) is 11.8 Å². The van der Waals surface area contributed by atoms with E-state index in [0.717, 1.165) is 22.7 Å². The summed E-state index contributed by atoms with van der Waals surface area (Å²) in [6.07, 6.45) is 2.92. The Kier molecular flexibility index (Phi) is 5.24. The van der Waals surface area contributed by atoms with Gasteiger partial charge in [0.2, 0.25) is 10.0 Å². The molecule has 1 aromatic heterocycles. The van der Waals surface area contributed by atoms with Crippen molar-refractivity contribution in [2.45, 2.75) is 0 Å². The molecule has 4 rings (SSSR count). The van der Waals surface area contributed by atoms with Crippen molar-refractivity contribution in [3.63, 3.8) is 0 Å². The van der Waals surface area contributed by atoms with Gasteiger partial charge in [-0.1, -0.05) is 30.0 Å². The highest BCUT2D eigenvalue weighted by Crippen LogP contribution is 2.30. The van der Waals surface area contributed by atoms with Crippen molar-refractivity contribution in [1.29, 1.82) is 0 Å². The smallest absolute Gasteiger partial charge is 0.336 e. The molecular weight excluding hydrogens is 412 g/mol. The average molecular weight is 430 g/mol. The Morgan fingerprint density at radius 1 is 1.00 bits per heavy atom. The van der Waals surface area contributed by atoms with Gasteiger partial charge >= 0.3 is 5.97 Å². The largest absolute Gasteiger partial charge is 0.478 e. The number of carbonyl (C=O) groups is 1. The highest BCUT2D eigenvalue weighted by atomic mass is 32.2. The van der Waals surface area contributed by atoms with Gasteiger partial charge < -0.3 is 10.1 Å². The molecule has 31 heavy (non-hydrogen) atoms. The third-order valence-electron chi connectivity index (χ3n) is 4.67. The monoisotopic (exact) mass is 430 g/mol. The van der Waals surface area contributed by atoms with Gasteiger partial charge in [0.1, 0.15) is 0 Å². The average Bonchev–Trinajstić information content (AvgIpc) is 3.19. The van der Waals surface area contributed by atoms with Crippen molar-refractivity contribution in [3.05, 3.63) is 89.6 Å². The Labute approximate surface area is 179 Å². The van der Waals surface area contributed by atoms with Crippen LogP contribution in [0.15, 0.2) is 72.9 Å². The van der Waals surface area contributed by atoms with Crippen molar-refractivity contribution in [3.8, 4) is 23.0 Å². The SMILES string of the molecule is CS(=O)(=O)Nc1ccc(C#Cc2cccc(C(=O)O)c2-c2ccc3cc[nH]c3c2)cc1. The third kappa shape index (κ3) is 4.60. The van der Waals surface area contributed by atoms with Crippen LogP contribution in [0.1, 0.15) is 21.5 Å². The Morgan fingerprint density at radius 3 is 2.48 bits per heavy atom. The number of aromatic amines is 1. The quantitative estimate of drug-likeness (QED) is 0.420. The van der Waals surface area contributed by atoms with E-state index in [0.29, 0.717) is 22.4 Å². The first-order chi connectivity index (χ1) is 14.8. The van der Waals surface area contributed by atoms with Gasteiger partial charge in [-0.05, 0) is 59.5 Å². The predicted octanol–water partition coefficient (Wildman–Crippen LogP) is 4.30. The lowest BCUT2D eigenvalue weighted by Crippen LogP contribution is -2.09. The fraction of sp³-hybridized carbons (Fsp3) is 0.0417. The lowest BCUT2D eigenvalue weighted by atomic mass is 9.93. The summed E-state index contributed by atoms with van der Waals surface area (Å²) < 4.78 is 25.1. The van der Waals surface area contributed by atoms with Gasteiger partial charge in [0, 0.05) is 34.1 Å². The molecule has 3 N–H and O–H groups in total. The minimum absolute atomic E-state index is 0.172. The molecule has 154 valence electrons. The van der Waals surface area contributed by atoms with Gasteiger partial charge in [-0.3, -0.25) is 4.72 Å². The highest BCUT2D eigenvalue weighted by molar-refractivity contribution is 7.92. The molecule has 6 nitrogen and oxygen atoms in total. The van der Waals surface area contributed by atoms with Crippen LogP contribution in [0.5, 0.6) is 0 Å². The number of anilines is 1. The number of carboxylic acids is 1. The molecule has 0 bridgehead atoms. The molecule has 0 amide bonds. The molecule has 0 aliphatic rings. The Morgan fingerprint density at radius 2 is 1.77 bits per heavy atom. The molecule has 0 spiro atoms. The molecule has 1 heterocycles. The topological polar surface area (TPSA) is 99.3 Å². The van der Waals surface area contributed by atoms with Crippen LogP contribution in [0.4, 0.5) is 5.69 Å². The molecule has 3 aromatic carbocycles. The number of nitrogens with one attached hydrogen (secondary N) is 2. The van der Waals surface area contributed by atoms with Gasteiger partial charge in [-0.15, -0.1) is 0 Å². The molecular formula is C24H18N2O4S. The van der Waals surface area contributed by atoms with Crippen molar-refractivity contribution in [1.82, 2.24) is 4.98 Å². The summed E-state index contributed by atoms with van der Waals surface area (Å²) in [5.41, 5.74) is 4.09.